The quantitative estimate of drug-likeness (QED) is 0.542. The fourth-order valence-corrected chi connectivity index (χ4v) is 4.67. The number of nitrogens with zero attached hydrogens (tertiary/aromatic N) is 3. The van der Waals surface area contributed by atoms with Gasteiger partial charge in [0.2, 0.25) is 5.91 Å². The number of primary amides is 1. The maximum Gasteiger partial charge on any atom is 0.434 e. The summed E-state index contributed by atoms with van der Waals surface area (Å²) in [4.78, 5) is 36.5. The van der Waals surface area contributed by atoms with Crippen molar-refractivity contribution in [3.63, 3.8) is 0 Å². The van der Waals surface area contributed by atoms with Crippen molar-refractivity contribution in [3.8, 4) is 0 Å². The zero-order valence-corrected chi connectivity index (χ0v) is 19.8. The van der Waals surface area contributed by atoms with E-state index in [1.54, 1.807) is 6.92 Å². The first kappa shape index (κ1) is 24.9. The third-order valence-electron chi connectivity index (χ3n) is 5.79. The van der Waals surface area contributed by atoms with E-state index in [0.717, 1.165) is 29.6 Å². The van der Waals surface area contributed by atoms with Crippen molar-refractivity contribution in [3.05, 3.63) is 33.4 Å². The average Bonchev–Trinajstić information content (AvgIpc) is 3.49. The molecule has 1 unspecified atom stereocenters. The second-order valence-corrected chi connectivity index (χ2v) is 9.32. The molecule has 188 valence electrons. The van der Waals surface area contributed by atoms with Crippen LogP contribution in [0, 0.1) is 11.8 Å². The number of nitrogens with one attached hydrogen (secondary N) is 2. The number of hydrogen-bond acceptors (Lipinski definition) is 7. The van der Waals surface area contributed by atoms with Gasteiger partial charge in [0.25, 0.3) is 0 Å². The second-order valence-electron chi connectivity index (χ2n) is 8.46. The number of nitrogens with two attached hydrogens (primary N) is 1. The Morgan fingerprint density at radius 3 is 2.71 bits per heavy atom. The van der Waals surface area contributed by atoms with Gasteiger partial charge in [-0.05, 0) is 43.3 Å². The van der Waals surface area contributed by atoms with E-state index < -0.39 is 29.7 Å². The van der Waals surface area contributed by atoms with Crippen molar-refractivity contribution in [2.75, 3.05) is 19.7 Å². The van der Waals surface area contributed by atoms with Crippen LogP contribution >= 0.6 is 11.3 Å². The SMILES string of the molecule is CCNC(=O)NC1=NCC(C2CC(C(N)=O)=CN=C2OCC2CC2)=C(c2nc(C(F)(F)F)cs2)C1. The van der Waals surface area contributed by atoms with Gasteiger partial charge in [0.15, 0.2) is 11.6 Å². The number of carbonyl (C=O) groups excluding carboxylic acids is 2. The first-order valence-corrected chi connectivity index (χ1v) is 12.1. The molecular formula is C22H25F3N6O3S. The van der Waals surface area contributed by atoms with Gasteiger partial charge in [0.05, 0.1) is 19.1 Å². The topological polar surface area (TPSA) is 131 Å². The lowest BCUT2D eigenvalue weighted by molar-refractivity contribution is -0.140. The molecular weight excluding hydrogens is 485 g/mol. The number of rotatable bonds is 6. The van der Waals surface area contributed by atoms with Crippen LogP contribution < -0.4 is 16.4 Å². The number of urea groups is 1. The summed E-state index contributed by atoms with van der Waals surface area (Å²) in [5, 5.41) is 6.35. The van der Waals surface area contributed by atoms with Crippen LogP contribution in [-0.4, -0.2) is 48.4 Å². The highest BCUT2D eigenvalue weighted by atomic mass is 32.1. The summed E-state index contributed by atoms with van der Waals surface area (Å²) in [5.41, 5.74) is 5.90. The van der Waals surface area contributed by atoms with Gasteiger partial charge in [-0.15, -0.1) is 11.3 Å². The minimum atomic E-state index is -4.59. The predicted molar refractivity (Wildman–Crippen MR) is 125 cm³/mol. The standard InChI is InChI=1S/C22H25F3N6O3S/c1-2-27-21(33)31-17-6-14(20-30-16(10-35-20)22(23,24)25)15(8-28-17)13-5-12(18(26)32)7-29-19(13)34-9-11-3-4-11/h7,10-11,13H,2-6,8-9H2,1H3,(H2,26,32)(H2,27,28,31,33). The van der Waals surface area contributed by atoms with Crippen LogP contribution in [-0.2, 0) is 15.7 Å². The molecule has 0 aromatic carbocycles. The lowest BCUT2D eigenvalue weighted by Crippen LogP contribution is -2.41. The Balaban J connectivity index is 1.70. The minimum absolute atomic E-state index is 0.0549. The number of thiazole rings is 1. The first-order chi connectivity index (χ1) is 16.7. The van der Waals surface area contributed by atoms with Crippen LogP contribution in [0.3, 0.4) is 0 Å². The van der Waals surface area contributed by atoms with Crippen LogP contribution in [0.15, 0.2) is 32.7 Å². The van der Waals surface area contributed by atoms with Gasteiger partial charge < -0.3 is 15.8 Å². The normalized spacial score (nSPS) is 20.6. The summed E-state index contributed by atoms with van der Waals surface area (Å²) < 4.78 is 45.8. The Hall–Kier alpha value is -3.22. The number of amidine groups is 1. The molecule has 35 heavy (non-hydrogen) atoms. The van der Waals surface area contributed by atoms with Crippen molar-refractivity contribution < 1.29 is 27.5 Å². The van der Waals surface area contributed by atoms with Crippen molar-refractivity contribution in [2.24, 2.45) is 27.6 Å². The molecule has 0 bridgehead atoms. The molecule has 2 aliphatic heterocycles. The number of carbonyl (C=O) groups is 2. The van der Waals surface area contributed by atoms with Crippen molar-refractivity contribution in [2.45, 2.75) is 38.8 Å². The number of aliphatic imine (C=N–C) groups is 2. The van der Waals surface area contributed by atoms with Gasteiger partial charge in [0.1, 0.15) is 10.8 Å². The number of alkyl halides is 3. The molecule has 1 fully saturated rings. The molecule has 0 spiro atoms. The number of aromatic nitrogens is 1. The highest BCUT2D eigenvalue weighted by Crippen LogP contribution is 2.39. The molecule has 1 atom stereocenters. The number of dihydropyridines is 1. The lowest BCUT2D eigenvalue weighted by atomic mass is 9.84. The maximum atomic E-state index is 13.3. The molecule has 3 heterocycles. The fraction of sp³-hybridized carbons (Fsp3) is 0.500. The maximum absolute atomic E-state index is 13.3. The third kappa shape index (κ3) is 6.08. The summed E-state index contributed by atoms with van der Waals surface area (Å²) in [6, 6.07) is -0.462. The van der Waals surface area contributed by atoms with E-state index in [-0.39, 0.29) is 30.0 Å². The molecule has 0 saturated heterocycles. The van der Waals surface area contributed by atoms with E-state index in [9.17, 15) is 22.8 Å². The van der Waals surface area contributed by atoms with E-state index in [0.29, 0.717) is 41.9 Å². The number of ether oxygens (including phenoxy) is 1. The van der Waals surface area contributed by atoms with E-state index in [1.165, 1.54) is 6.20 Å². The van der Waals surface area contributed by atoms with E-state index in [2.05, 4.69) is 25.6 Å². The third-order valence-corrected chi connectivity index (χ3v) is 6.69. The van der Waals surface area contributed by atoms with Crippen LogP contribution in [0.4, 0.5) is 18.0 Å². The van der Waals surface area contributed by atoms with Crippen LogP contribution in [0.2, 0.25) is 0 Å². The number of amides is 3. The number of halogens is 3. The molecule has 9 nitrogen and oxygen atoms in total. The summed E-state index contributed by atoms with van der Waals surface area (Å²) in [6.07, 6.45) is -0.851. The Morgan fingerprint density at radius 1 is 1.31 bits per heavy atom. The zero-order chi connectivity index (χ0) is 25.2. The van der Waals surface area contributed by atoms with Gasteiger partial charge in [-0.2, -0.15) is 13.2 Å². The summed E-state index contributed by atoms with van der Waals surface area (Å²) in [6.45, 7) is 2.70. The van der Waals surface area contributed by atoms with Crippen molar-refractivity contribution >= 4 is 40.6 Å². The molecule has 1 aromatic rings. The highest BCUT2D eigenvalue weighted by Gasteiger charge is 2.37. The average molecular weight is 511 g/mol. The van der Waals surface area contributed by atoms with Gasteiger partial charge in [-0.3, -0.25) is 15.1 Å². The molecule has 13 heteroatoms. The second kappa shape index (κ2) is 10.2. The Morgan fingerprint density at radius 2 is 2.09 bits per heavy atom. The van der Waals surface area contributed by atoms with E-state index in [1.807, 2.05) is 0 Å². The molecule has 4 N–H and O–H groups in total. The molecule has 1 aliphatic carbocycles. The Bertz CT molecular complexity index is 1130. The smallest absolute Gasteiger partial charge is 0.434 e. The van der Waals surface area contributed by atoms with Crippen LogP contribution in [0.25, 0.3) is 5.57 Å². The molecule has 3 amide bonds. The monoisotopic (exact) mass is 510 g/mol. The predicted octanol–water partition coefficient (Wildman–Crippen LogP) is 3.25. The Kier molecular flexibility index (Phi) is 7.24. The first-order valence-electron chi connectivity index (χ1n) is 11.2. The molecule has 1 aromatic heterocycles. The van der Waals surface area contributed by atoms with Crippen molar-refractivity contribution in [1.29, 1.82) is 0 Å². The molecule has 4 rings (SSSR count). The van der Waals surface area contributed by atoms with Crippen LogP contribution in [0.5, 0.6) is 0 Å². The fourth-order valence-electron chi connectivity index (χ4n) is 3.76. The minimum Gasteiger partial charge on any atom is -0.480 e. The summed E-state index contributed by atoms with van der Waals surface area (Å²) in [7, 11) is 0. The van der Waals surface area contributed by atoms with Gasteiger partial charge >= 0.3 is 12.2 Å². The highest BCUT2D eigenvalue weighted by molar-refractivity contribution is 7.10. The summed E-state index contributed by atoms with van der Waals surface area (Å²) >= 11 is 0.859. The lowest BCUT2D eigenvalue weighted by Gasteiger charge is -2.29. The largest absolute Gasteiger partial charge is 0.480 e. The van der Waals surface area contributed by atoms with E-state index >= 15 is 0 Å². The van der Waals surface area contributed by atoms with Gasteiger partial charge in [-0.25, -0.2) is 14.8 Å². The molecule has 3 aliphatic rings. The number of hydrogen-bond donors (Lipinski definition) is 3. The van der Waals surface area contributed by atoms with Gasteiger partial charge in [0, 0.05) is 30.1 Å². The molecule has 0 radical (unpaired) electrons. The van der Waals surface area contributed by atoms with Crippen LogP contribution in [0.1, 0.15) is 43.3 Å². The Labute approximate surface area is 203 Å². The van der Waals surface area contributed by atoms with Gasteiger partial charge in [-0.1, -0.05) is 0 Å². The van der Waals surface area contributed by atoms with Crippen molar-refractivity contribution in [1.82, 2.24) is 15.6 Å². The zero-order valence-electron chi connectivity index (χ0n) is 18.9. The molecule has 1 saturated carbocycles. The van der Waals surface area contributed by atoms with E-state index in [4.69, 9.17) is 10.5 Å². The summed E-state index contributed by atoms with van der Waals surface area (Å²) in [5.74, 6) is -0.0496.